The third kappa shape index (κ3) is 4.65. The molecule has 4 aromatic rings. The van der Waals surface area contributed by atoms with Crippen LogP contribution in [0.15, 0.2) is 60.9 Å². The molecule has 1 aliphatic heterocycles. The maximum Gasteiger partial charge on any atom is 0.333 e. The monoisotopic (exact) mass is 516 g/mol. The first-order chi connectivity index (χ1) is 17.6. The second-order valence-corrected chi connectivity index (χ2v) is 8.19. The number of amides is 2. The summed E-state index contributed by atoms with van der Waals surface area (Å²) in [7, 11) is 0. The number of anilines is 1. The van der Waals surface area contributed by atoms with Crippen LogP contribution in [0, 0.1) is 23.3 Å². The second kappa shape index (κ2) is 9.12. The van der Waals surface area contributed by atoms with Gasteiger partial charge in [-0.3, -0.25) is 9.59 Å². The SMILES string of the molecule is O=C(Nc1cc(-c2cnn(C(F)F)c2)cc2c1C(c1cc(F)cc(F)c1)NC2=O)c1cc(F)cc(F)c1. The Morgan fingerprint density at radius 2 is 1.51 bits per heavy atom. The first-order valence-electron chi connectivity index (χ1n) is 10.6. The number of fused-ring (bicyclic) bond motifs is 1. The van der Waals surface area contributed by atoms with Gasteiger partial charge in [-0.2, -0.15) is 13.9 Å². The zero-order valence-electron chi connectivity index (χ0n) is 18.4. The highest BCUT2D eigenvalue weighted by Crippen LogP contribution is 2.40. The molecular formula is C25H14F6N4O2. The number of hydrogen-bond donors (Lipinski definition) is 2. The van der Waals surface area contributed by atoms with Crippen LogP contribution in [0.4, 0.5) is 32.0 Å². The second-order valence-electron chi connectivity index (χ2n) is 8.19. The third-order valence-electron chi connectivity index (χ3n) is 5.71. The van der Waals surface area contributed by atoms with E-state index in [2.05, 4.69) is 15.7 Å². The number of halogens is 6. The molecule has 0 spiro atoms. The van der Waals surface area contributed by atoms with E-state index in [4.69, 9.17) is 0 Å². The molecule has 0 fully saturated rings. The molecule has 2 amide bonds. The van der Waals surface area contributed by atoms with Gasteiger partial charge in [-0.25, -0.2) is 22.2 Å². The zero-order chi connectivity index (χ0) is 26.4. The lowest BCUT2D eigenvalue weighted by Gasteiger charge is -2.18. The Labute approximate surface area is 204 Å². The summed E-state index contributed by atoms with van der Waals surface area (Å²) in [6.45, 7) is -2.93. The standard InChI is InChI=1S/C25H14F6N4O2/c26-15-1-12(2-16(27)7-15)22-21-19(24(37)34-22)5-11(14-9-32-35(10-14)25(30)31)6-20(21)33-23(36)13-3-17(28)8-18(29)4-13/h1-10,22,25H,(H,33,36)(H,34,37). The number of aromatic nitrogens is 2. The number of benzene rings is 3. The smallest absolute Gasteiger partial charge is 0.333 e. The lowest BCUT2D eigenvalue weighted by atomic mass is 9.93. The van der Waals surface area contributed by atoms with Gasteiger partial charge in [0, 0.05) is 46.3 Å². The van der Waals surface area contributed by atoms with Crippen molar-refractivity contribution in [2.75, 3.05) is 5.32 Å². The van der Waals surface area contributed by atoms with Gasteiger partial charge in [-0.15, -0.1) is 0 Å². The van der Waals surface area contributed by atoms with Crippen LogP contribution in [-0.4, -0.2) is 21.6 Å². The number of rotatable bonds is 5. The van der Waals surface area contributed by atoms with Gasteiger partial charge in [0.2, 0.25) is 0 Å². The maximum absolute atomic E-state index is 14.0. The van der Waals surface area contributed by atoms with Gasteiger partial charge in [-0.05, 0) is 47.5 Å². The molecule has 12 heteroatoms. The summed E-state index contributed by atoms with van der Waals surface area (Å²) in [4.78, 5) is 25.8. The molecule has 37 heavy (non-hydrogen) atoms. The Balaban J connectivity index is 1.66. The van der Waals surface area contributed by atoms with Crippen LogP contribution in [0.5, 0.6) is 0 Å². The van der Waals surface area contributed by atoms with E-state index in [9.17, 15) is 35.9 Å². The molecule has 1 atom stereocenters. The Morgan fingerprint density at radius 3 is 2.11 bits per heavy atom. The van der Waals surface area contributed by atoms with Crippen molar-refractivity contribution < 1.29 is 35.9 Å². The van der Waals surface area contributed by atoms with Crippen molar-refractivity contribution in [1.82, 2.24) is 15.1 Å². The Morgan fingerprint density at radius 1 is 0.892 bits per heavy atom. The first kappa shape index (κ1) is 24.1. The highest BCUT2D eigenvalue weighted by Gasteiger charge is 2.34. The molecule has 1 aliphatic rings. The number of alkyl halides is 2. The molecule has 0 bridgehead atoms. The predicted octanol–water partition coefficient (Wildman–Crippen LogP) is 5.59. The number of carbonyl (C=O) groups excluding carboxylic acids is 2. The summed E-state index contributed by atoms with van der Waals surface area (Å²) >= 11 is 0. The number of hydrogen-bond acceptors (Lipinski definition) is 3. The molecule has 6 nitrogen and oxygen atoms in total. The van der Waals surface area contributed by atoms with Crippen molar-refractivity contribution in [2.24, 2.45) is 0 Å². The Bertz CT molecular complexity index is 1530. The van der Waals surface area contributed by atoms with Crippen LogP contribution >= 0.6 is 0 Å². The largest absolute Gasteiger partial charge is 0.341 e. The van der Waals surface area contributed by atoms with Crippen LogP contribution < -0.4 is 10.6 Å². The van der Waals surface area contributed by atoms with Gasteiger partial charge in [0.1, 0.15) is 23.3 Å². The minimum Gasteiger partial charge on any atom is -0.341 e. The average Bonchev–Trinajstić information content (AvgIpc) is 3.43. The number of nitrogens with one attached hydrogen (secondary N) is 2. The van der Waals surface area contributed by atoms with E-state index in [1.165, 1.54) is 12.1 Å². The molecule has 0 saturated heterocycles. The fourth-order valence-corrected chi connectivity index (χ4v) is 4.17. The van der Waals surface area contributed by atoms with Crippen LogP contribution in [0.3, 0.4) is 0 Å². The van der Waals surface area contributed by atoms with Crippen molar-refractivity contribution in [3.8, 4) is 11.1 Å². The van der Waals surface area contributed by atoms with Crippen LogP contribution in [0.1, 0.15) is 44.4 Å². The van der Waals surface area contributed by atoms with Crippen molar-refractivity contribution in [3.63, 3.8) is 0 Å². The van der Waals surface area contributed by atoms with Crippen LogP contribution in [0.25, 0.3) is 11.1 Å². The Hall–Kier alpha value is -4.61. The molecule has 2 N–H and O–H groups in total. The van der Waals surface area contributed by atoms with Gasteiger partial charge >= 0.3 is 6.55 Å². The fraction of sp³-hybridized carbons (Fsp3) is 0.0800. The predicted molar refractivity (Wildman–Crippen MR) is 119 cm³/mol. The average molecular weight is 516 g/mol. The molecule has 3 aromatic carbocycles. The van der Waals surface area contributed by atoms with Crippen molar-refractivity contribution in [3.05, 3.63) is 106 Å². The molecule has 0 saturated carbocycles. The molecule has 0 aliphatic carbocycles. The third-order valence-corrected chi connectivity index (χ3v) is 5.71. The maximum atomic E-state index is 14.0. The van der Waals surface area contributed by atoms with Crippen molar-refractivity contribution in [2.45, 2.75) is 12.6 Å². The summed E-state index contributed by atoms with van der Waals surface area (Å²) < 4.78 is 81.8. The number of carbonyl (C=O) groups is 2. The normalized spacial score (nSPS) is 14.6. The van der Waals surface area contributed by atoms with Crippen molar-refractivity contribution >= 4 is 17.5 Å². The summed E-state index contributed by atoms with van der Waals surface area (Å²) in [5.41, 5.74) is 0.0573. The highest BCUT2D eigenvalue weighted by molar-refractivity contribution is 6.08. The van der Waals surface area contributed by atoms with Gasteiger partial charge < -0.3 is 10.6 Å². The first-order valence-corrected chi connectivity index (χ1v) is 10.6. The van der Waals surface area contributed by atoms with Crippen LogP contribution in [0.2, 0.25) is 0 Å². The summed E-state index contributed by atoms with van der Waals surface area (Å²) in [5.74, 6) is -5.45. The molecule has 1 aromatic heterocycles. The van der Waals surface area contributed by atoms with Gasteiger partial charge in [0.25, 0.3) is 11.8 Å². The number of nitrogens with zero attached hydrogens (tertiary/aromatic N) is 2. The zero-order valence-corrected chi connectivity index (χ0v) is 18.4. The van der Waals surface area contributed by atoms with Crippen molar-refractivity contribution in [1.29, 1.82) is 0 Å². The van der Waals surface area contributed by atoms with E-state index in [1.807, 2.05) is 0 Å². The summed E-state index contributed by atoms with van der Waals surface area (Å²) in [5, 5.41) is 8.61. The fourth-order valence-electron chi connectivity index (χ4n) is 4.17. The van der Waals surface area contributed by atoms with E-state index in [0.29, 0.717) is 16.8 Å². The minimum atomic E-state index is -2.93. The summed E-state index contributed by atoms with van der Waals surface area (Å²) in [6, 6.07) is 6.38. The molecule has 5 rings (SSSR count). The van der Waals surface area contributed by atoms with E-state index in [0.717, 1.165) is 36.7 Å². The summed E-state index contributed by atoms with van der Waals surface area (Å²) in [6.07, 6.45) is 2.14. The molecular weight excluding hydrogens is 502 g/mol. The topological polar surface area (TPSA) is 76.0 Å². The van der Waals surface area contributed by atoms with E-state index in [1.54, 1.807) is 0 Å². The van der Waals surface area contributed by atoms with Gasteiger partial charge in [-0.1, -0.05) is 0 Å². The molecule has 188 valence electrons. The molecule has 1 unspecified atom stereocenters. The van der Waals surface area contributed by atoms with E-state index >= 15 is 0 Å². The van der Waals surface area contributed by atoms with Crippen LogP contribution in [-0.2, 0) is 0 Å². The molecule has 0 radical (unpaired) electrons. The van der Waals surface area contributed by atoms with Gasteiger partial charge in [0.05, 0.1) is 12.2 Å². The molecule has 2 heterocycles. The highest BCUT2D eigenvalue weighted by atomic mass is 19.3. The lowest BCUT2D eigenvalue weighted by Crippen LogP contribution is -2.21. The quantitative estimate of drug-likeness (QED) is 0.340. The minimum absolute atomic E-state index is 0.0160. The lowest BCUT2D eigenvalue weighted by molar-refractivity contribution is 0.0566. The van der Waals surface area contributed by atoms with E-state index in [-0.39, 0.29) is 39.1 Å². The Kier molecular flexibility index (Phi) is 5.94. The van der Waals surface area contributed by atoms with E-state index < -0.39 is 47.7 Å². The van der Waals surface area contributed by atoms with Gasteiger partial charge in [0.15, 0.2) is 0 Å².